The van der Waals surface area contributed by atoms with Crippen LogP contribution in [0.15, 0.2) is 78.9 Å². The number of primary amides is 1. The van der Waals surface area contributed by atoms with E-state index in [0.717, 1.165) is 17.5 Å². The number of aliphatic hydroxyl groups is 1. The number of nitrogens with zero attached hydrogens (tertiary/aromatic N) is 1. The summed E-state index contributed by atoms with van der Waals surface area (Å²) in [5, 5.41) is 11.2. The minimum absolute atomic E-state index is 0.212. The Morgan fingerprint density at radius 2 is 1.55 bits per heavy atom. The number of hydrogen-bond acceptors (Lipinski definition) is 6. The van der Waals surface area contributed by atoms with Gasteiger partial charge in [0.1, 0.15) is 17.5 Å². The van der Waals surface area contributed by atoms with Gasteiger partial charge in [0, 0.05) is 17.5 Å². The van der Waals surface area contributed by atoms with Crippen molar-refractivity contribution in [3.8, 4) is 16.9 Å². The molecule has 8 heteroatoms. The average molecular weight is 545 g/mol. The van der Waals surface area contributed by atoms with Crippen molar-refractivity contribution in [1.29, 1.82) is 0 Å². The van der Waals surface area contributed by atoms with E-state index in [9.17, 15) is 19.5 Å². The van der Waals surface area contributed by atoms with Crippen LogP contribution in [0.3, 0.4) is 0 Å². The van der Waals surface area contributed by atoms with Gasteiger partial charge in [-0.3, -0.25) is 19.3 Å². The van der Waals surface area contributed by atoms with E-state index in [-0.39, 0.29) is 5.97 Å². The van der Waals surface area contributed by atoms with Crippen LogP contribution in [0.1, 0.15) is 67.4 Å². The van der Waals surface area contributed by atoms with Crippen molar-refractivity contribution >= 4 is 17.8 Å². The number of amides is 2. The highest BCUT2D eigenvalue weighted by atomic mass is 16.5. The summed E-state index contributed by atoms with van der Waals surface area (Å²) in [4.78, 5) is 39.4. The van der Waals surface area contributed by atoms with Gasteiger partial charge in [0.2, 0.25) is 5.91 Å². The van der Waals surface area contributed by atoms with Crippen LogP contribution in [-0.2, 0) is 14.3 Å². The summed E-state index contributed by atoms with van der Waals surface area (Å²) < 4.78 is 11.0. The molecule has 0 saturated heterocycles. The summed E-state index contributed by atoms with van der Waals surface area (Å²) in [7, 11) is 0. The largest absolute Gasteiger partial charge is 0.493 e. The summed E-state index contributed by atoms with van der Waals surface area (Å²) in [5.74, 6) is -1.05. The Morgan fingerprint density at radius 3 is 2.20 bits per heavy atom. The number of carbonyl (C=O) groups excluding carboxylic acids is 3. The van der Waals surface area contributed by atoms with Crippen LogP contribution >= 0.6 is 0 Å². The maximum absolute atomic E-state index is 13.8. The zero-order valence-corrected chi connectivity index (χ0v) is 22.8. The van der Waals surface area contributed by atoms with E-state index in [1.807, 2.05) is 42.5 Å². The minimum atomic E-state index is -1.48. The Morgan fingerprint density at radius 1 is 0.900 bits per heavy atom. The van der Waals surface area contributed by atoms with Gasteiger partial charge in [-0.1, -0.05) is 60.7 Å². The molecule has 0 spiro atoms. The highest BCUT2D eigenvalue weighted by Gasteiger charge is 2.53. The fraction of sp³-hybridized carbons (Fsp3) is 0.344. The van der Waals surface area contributed by atoms with Crippen LogP contribution in [0, 0.1) is 0 Å². The number of rotatable bonds is 14. The molecule has 40 heavy (non-hydrogen) atoms. The number of benzene rings is 3. The fourth-order valence-corrected chi connectivity index (χ4v) is 4.70. The molecule has 3 N–H and O–H groups in total. The SMILES string of the molecule is CCOC(=O)CCCCCOc1ccccc1C(C(N)=O)N(C(=O)c1ccc(-c2ccccc2)cc1)C1(O)CC1. The zero-order valence-electron chi connectivity index (χ0n) is 22.8. The van der Waals surface area contributed by atoms with Crippen LogP contribution in [0.2, 0.25) is 0 Å². The Bertz CT molecular complexity index is 1300. The smallest absolute Gasteiger partial charge is 0.305 e. The second-order valence-electron chi connectivity index (χ2n) is 9.91. The number of ether oxygens (including phenoxy) is 2. The molecule has 1 fully saturated rings. The molecule has 8 nitrogen and oxygen atoms in total. The first-order chi connectivity index (χ1) is 19.3. The lowest BCUT2D eigenvalue weighted by Crippen LogP contribution is -2.49. The van der Waals surface area contributed by atoms with Crippen LogP contribution in [0.4, 0.5) is 0 Å². The predicted molar refractivity (Wildman–Crippen MR) is 151 cm³/mol. The molecule has 0 aromatic heterocycles. The molecule has 0 bridgehead atoms. The number of unbranched alkanes of at least 4 members (excludes halogenated alkanes) is 2. The van der Waals surface area contributed by atoms with E-state index in [2.05, 4.69) is 0 Å². The second kappa shape index (κ2) is 13.3. The van der Waals surface area contributed by atoms with Gasteiger partial charge in [-0.15, -0.1) is 0 Å². The van der Waals surface area contributed by atoms with Crippen LogP contribution in [0.5, 0.6) is 5.75 Å². The third-order valence-corrected chi connectivity index (χ3v) is 6.93. The first-order valence-corrected chi connectivity index (χ1v) is 13.7. The average Bonchev–Trinajstić information content (AvgIpc) is 3.71. The normalized spacial score (nSPS) is 14.2. The number of nitrogens with two attached hydrogens (primary N) is 1. The van der Waals surface area contributed by atoms with E-state index < -0.39 is 23.6 Å². The van der Waals surface area contributed by atoms with Gasteiger partial charge in [0.15, 0.2) is 0 Å². The maximum Gasteiger partial charge on any atom is 0.305 e. The van der Waals surface area contributed by atoms with E-state index in [4.69, 9.17) is 15.2 Å². The highest BCUT2D eigenvalue weighted by molar-refractivity contribution is 5.99. The first kappa shape index (κ1) is 28.8. The maximum atomic E-state index is 13.8. The van der Waals surface area contributed by atoms with E-state index in [1.165, 1.54) is 4.90 Å². The van der Waals surface area contributed by atoms with Gasteiger partial charge in [-0.2, -0.15) is 0 Å². The summed E-state index contributed by atoms with van der Waals surface area (Å²) in [6.07, 6.45) is 3.18. The summed E-state index contributed by atoms with van der Waals surface area (Å²) in [6, 6.07) is 22.6. The molecule has 1 aliphatic carbocycles. The van der Waals surface area contributed by atoms with E-state index >= 15 is 0 Å². The molecule has 4 rings (SSSR count). The molecule has 1 unspecified atom stereocenters. The number of carbonyl (C=O) groups is 3. The topological polar surface area (TPSA) is 119 Å². The van der Waals surface area contributed by atoms with Crippen molar-refractivity contribution < 1.29 is 29.0 Å². The predicted octanol–water partition coefficient (Wildman–Crippen LogP) is 5.01. The molecule has 0 heterocycles. The van der Waals surface area contributed by atoms with E-state index in [0.29, 0.717) is 62.2 Å². The van der Waals surface area contributed by atoms with Gasteiger partial charge >= 0.3 is 5.97 Å². The molecule has 2 amide bonds. The summed E-state index contributed by atoms with van der Waals surface area (Å²) >= 11 is 0. The lowest BCUT2D eigenvalue weighted by molar-refractivity contribution is -0.143. The number of hydrogen-bond donors (Lipinski definition) is 2. The molecule has 1 aliphatic rings. The molecule has 0 radical (unpaired) electrons. The summed E-state index contributed by atoms with van der Waals surface area (Å²) in [6.45, 7) is 2.50. The monoisotopic (exact) mass is 544 g/mol. The second-order valence-corrected chi connectivity index (χ2v) is 9.91. The number of para-hydroxylation sites is 1. The Labute approximate surface area is 234 Å². The molecule has 3 aromatic rings. The third kappa shape index (κ3) is 7.07. The molecule has 0 aliphatic heterocycles. The lowest BCUT2D eigenvalue weighted by Gasteiger charge is -2.35. The molecule has 3 aromatic carbocycles. The van der Waals surface area contributed by atoms with E-state index in [1.54, 1.807) is 43.3 Å². The van der Waals surface area contributed by atoms with Crippen molar-refractivity contribution in [3.63, 3.8) is 0 Å². The van der Waals surface area contributed by atoms with Gasteiger partial charge in [-0.25, -0.2) is 0 Å². The Kier molecular flexibility index (Phi) is 9.56. The van der Waals surface area contributed by atoms with Crippen molar-refractivity contribution in [1.82, 2.24) is 4.90 Å². The standard InChI is InChI=1S/C32H36N2O6/c1-2-39-28(35)15-7-4-10-22-40-27-14-9-8-13-26(27)29(30(33)36)34(32(38)20-21-32)31(37)25-18-16-24(17-19-25)23-11-5-3-6-12-23/h3,5-6,8-9,11-14,16-19,29,38H,2,4,7,10,15,20-22H2,1H3,(H2,33,36). The van der Waals surface area contributed by atoms with Crippen LogP contribution in [0.25, 0.3) is 11.1 Å². The summed E-state index contributed by atoms with van der Waals surface area (Å²) in [5.41, 5.74) is 7.12. The van der Waals surface area contributed by atoms with Crippen LogP contribution in [-0.4, -0.2) is 46.7 Å². The minimum Gasteiger partial charge on any atom is -0.493 e. The third-order valence-electron chi connectivity index (χ3n) is 6.93. The van der Waals surface area contributed by atoms with Crippen LogP contribution < -0.4 is 10.5 Å². The Hall–Kier alpha value is -4.17. The van der Waals surface area contributed by atoms with Crippen molar-refractivity contribution in [2.45, 2.75) is 57.2 Å². The van der Waals surface area contributed by atoms with Crippen molar-refractivity contribution in [3.05, 3.63) is 90.0 Å². The molecule has 1 saturated carbocycles. The van der Waals surface area contributed by atoms with Gasteiger partial charge in [0.25, 0.3) is 5.91 Å². The lowest BCUT2D eigenvalue weighted by atomic mass is 10.00. The van der Waals surface area contributed by atoms with Crippen molar-refractivity contribution in [2.75, 3.05) is 13.2 Å². The van der Waals surface area contributed by atoms with Gasteiger partial charge in [0.05, 0.1) is 13.2 Å². The van der Waals surface area contributed by atoms with Crippen molar-refractivity contribution in [2.24, 2.45) is 5.73 Å². The zero-order chi connectivity index (χ0) is 28.5. The van der Waals surface area contributed by atoms with Gasteiger partial charge < -0.3 is 20.3 Å². The first-order valence-electron chi connectivity index (χ1n) is 13.7. The van der Waals surface area contributed by atoms with Gasteiger partial charge in [-0.05, 0) is 68.4 Å². The molecular formula is C32H36N2O6. The molecule has 210 valence electrons. The quantitative estimate of drug-likeness (QED) is 0.167. The molecule has 1 atom stereocenters. The fourth-order valence-electron chi connectivity index (χ4n) is 4.70. The molecular weight excluding hydrogens is 508 g/mol. The Balaban J connectivity index is 1.51. The number of esters is 1. The highest BCUT2D eigenvalue weighted by Crippen LogP contribution is 2.46.